The third-order valence-corrected chi connectivity index (χ3v) is 4.71. The molecule has 0 aromatic carbocycles. The second kappa shape index (κ2) is 6.41. The monoisotopic (exact) mass is 349 g/mol. The molecule has 2 aromatic heterocycles. The lowest BCUT2D eigenvalue weighted by molar-refractivity contribution is -0.00306. The van der Waals surface area contributed by atoms with E-state index in [2.05, 4.69) is 10.1 Å². The van der Waals surface area contributed by atoms with Gasteiger partial charge < -0.3 is 15.4 Å². The van der Waals surface area contributed by atoms with Gasteiger partial charge in [0.2, 0.25) is 0 Å². The lowest BCUT2D eigenvalue weighted by Crippen LogP contribution is -2.43. The molecule has 1 atom stereocenters. The number of ether oxygens (including phenoxy) is 1. The molecule has 2 aromatic rings. The molecule has 0 unspecified atom stereocenters. The zero-order chi connectivity index (χ0) is 17.4. The molecule has 0 aliphatic carbocycles. The first-order valence-electron chi connectivity index (χ1n) is 7.70. The van der Waals surface area contributed by atoms with E-state index < -0.39 is 0 Å². The number of anilines is 1. The number of hydrogen-bond acceptors (Lipinski definition) is 5. The third kappa shape index (κ3) is 2.85. The van der Waals surface area contributed by atoms with Crippen molar-refractivity contribution in [3.63, 3.8) is 0 Å². The number of carbonyl (C=O) groups is 1. The summed E-state index contributed by atoms with van der Waals surface area (Å²) < 4.78 is 7.45. The summed E-state index contributed by atoms with van der Waals surface area (Å²) in [7, 11) is 1.89. The maximum Gasteiger partial charge on any atom is 0.256 e. The number of nitrogen functional groups attached to an aromatic ring is 1. The Bertz CT molecular complexity index is 789. The zero-order valence-electron chi connectivity index (χ0n) is 13.9. The summed E-state index contributed by atoms with van der Waals surface area (Å²) in [6.45, 7) is 5.38. The first-order chi connectivity index (χ1) is 11.4. The van der Waals surface area contributed by atoms with Crippen molar-refractivity contribution in [2.45, 2.75) is 19.9 Å². The highest BCUT2D eigenvalue weighted by Gasteiger charge is 2.33. The van der Waals surface area contributed by atoms with Crippen molar-refractivity contribution in [2.24, 2.45) is 7.05 Å². The minimum atomic E-state index is -0.184. The second-order valence-electron chi connectivity index (χ2n) is 5.89. The van der Waals surface area contributed by atoms with Crippen molar-refractivity contribution in [2.75, 3.05) is 25.5 Å². The van der Waals surface area contributed by atoms with Crippen molar-refractivity contribution < 1.29 is 9.53 Å². The Morgan fingerprint density at radius 2 is 2.21 bits per heavy atom. The van der Waals surface area contributed by atoms with E-state index in [9.17, 15) is 4.79 Å². The Morgan fingerprint density at radius 3 is 2.83 bits per heavy atom. The van der Waals surface area contributed by atoms with E-state index in [4.69, 9.17) is 22.1 Å². The molecule has 2 N–H and O–H groups in total. The maximum atomic E-state index is 13.0. The number of carbonyl (C=O) groups excluding carboxylic acids is 1. The van der Waals surface area contributed by atoms with Gasteiger partial charge in [0.05, 0.1) is 35.5 Å². The normalized spacial score (nSPS) is 18.0. The van der Waals surface area contributed by atoms with Crippen molar-refractivity contribution in [3.8, 4) is 0 Å². The molecule has 128 valence electrons. The second-order valence-corrected chi connectivity index (χ2v) is 6.30. The summed E-state index contributed by atoms with van der Waals surface area (Å²) in [6, 6.07) is 1.37. The smallest absolute Gasteiger partial charge is 0.256 e. The molecular formula is C16H20ClN5O2. The van der Waals surface area contributed by atoms with Crippen LogP contribution in [0.4, 0.5) is 5.82 Å². The quantitative estimate of drug-likeness (QED) is 0.894. The molecule has 0 bridgehead atoms. The minimum absolute atomic E-state index is 0.139. The van der Waals surface area contributed by atoms with Crippen molar-refractivity contribution in [1.82, 2.24) is 19.7 Å². The summed E-state index contributed by atoms with van der Waals surface area (Å²) in [5, 5.41) is 4.73. The first kappa shape index (κ1) is 16.7. The van der Waals surface area contributed by atoms with E-state index in [-0.39, 0.29) is 22.8 Å². The molecule has 1 amide bonds. The van der Waals surface area contributed by atoms with Gasteiger partial charge in [-0.2, -0.15) is 5.10 Å². The number of aromatic nitrogens is 3. The number of hydrogen-bond donors (Lipinski definition) is 1. The molecule has 1 fully saturated rings. The summed E-state index contributed by atoms with van der Waals surface area (Å²) in [6.07, 6.45) is 1.46. The molecule has 3 heterocycles. The summed E-state index contributed by atoms with van der Waals surface area (Å²) in [4.78, 5) is 18.8. The standard InChI is InChI=1S/C16H20ClN5O2/c1-9-14(10(2)21(3)20-9)13-8-24-5-4-22(13)16(23)11-6-12(17)15(18)19-7-11/h6-7,13H,4-5,8H2,1-3H3,(H2,18,19)/t13-/m1/s1. The van der Waals surface area contributed by atoms with Crippen LogP contribution < -0.4 is 5.73 Å². The van der Waals surface area contributed by atoms with E-state index in [0.29, 0.717) is 25.3 Å². The number of nitrogens with two attached hydrogens (primary N) is 1. The summed E-state index contributed by atoms with van der Waals surface area (Å²) in [5.41, 5.74) is 9.00. The van der Waals surface area contributed by atoms with Gasteiger partial charge in [0.1, 0.15) is 5.82 Å². The third-order valence-electron chi connectivity index (χ3n) is 4.40. The summed E-state index contributed by atoms with van der Waals surface area (Å²) >= 11 is 6.01. The van der Waals surface area contributed by atoms with Gasteiger partial charge in [-0.3, -0.25) is 9.48 Å². The molecule has 8 heteroatoms. The van der Waals surface area contributed by atoms with Crippen LogP contribution in [-0.2, 0) is 11.8 Å². The molecule has 0 spiro atoms. The number of pyridine rings is 1. The lowest BCUT2D eigenvalue weighted by atomic mass is 10.0. The number of rotatable bonds is 2. The highest BCUT2D eigenvalue weighted by molar-refractivity contribution is 6.33. The molecule has 7 nitrogen and oxygen atoms in total. The van der Waals surface area contributed by atoms with Gasteiger partial charge in [-0.05, 0) is 19.9 Å². The fourth-order valence-corrected chi connectivity index (χ4v) is 3.26. The van der Waals surface area contributed by atoms with Crippen LogP contribution in [0.1, 0.15) is 33.4 Å². The molecule has 1 aliphatic rings. The number of morpholine rings is 1. The molecule has 0 saturated carbocycles. The molecule has 24 heavy (non-hydrogen) atoms. The van der Waals surface area contributed by atoms with Crippen LogP contribution in [0.3, 0.4) is 0 Å². The van der Waals surface area contributed by atoms with Crippen LogP contribution in [0, 0.1) is 13.8 Å². The highest BCUT2D eigenvalue weighted by atomic mass is 35.5. The van der Waals surface area contributed by atoms with Gasteiger partial charge >= 0.3 is 0 Å². The van der Waals surface area contributed by atoms with E-state index >= 15 is 0 Å². The summed E-state index contributed by atoms with van der Waals surface area (Å²) in [5.74, 6) is 0.0750. The van der Waals surface area contributed by atoms with Crippen molar-refractivity contribution in [1.29, 1.82) is 0 Å². The Morgan fingerprint density at radius 1 is 1.46 bits per heavy atom. The van der Waals surface area contributed by atoms with Gasteiger partial charge in [0.25, 0.3) is 5.91 Å². The van der Waals surface area contributed by atoms with Crippen LogP contribution in [-0.4, -0.2) is 45.3 Å². The van der Waals surface area contributed by atoms with Crippen LogP contribution in [0.2, 0.25) is 5.02 Å². The van der Waals surface area contributed by atoms with E-state index in [1.165, 1.54) is 6.20 Å². The molecule has 1 saturated heterocycles. The van der Waals surface area contributed by atoms with Crippen LogP contribution in [0.25, 0.3) is 0 Å². The number of nitrogens with zero attached hydrogens (tertiary/aromatic N) is 4. The van der Waals surface area contributed by atoms with E-state index in [1.807, 2.05) is 25.6 Å². The van der Waals surface area contributed by atoms with Crippen LogP contribution in [0.15, 0.2) is 12.3 Å². The lowest BCUT2D eigenvalue weighted by Gasteiger charge is -2.36. The average molecular weight is 350 g/mol. The fourth-order valence-electron chi connectivity index (χ4n) is 3.09. The zero-order valence-corrected chi connectivity index (χ0v) is 14.7. The Balaban J connectivity index is 1.97. The van der Waals surface area contributed by atoms with E-state index in [1.54, 1.807) is 11.0 Å². The predicted molar refractivity (Wildman–Crippen MR) is 90.9 cm³/mol. The van der Waals surface area contributed by atoms with Crippen molar-refractivity contribution >= 4 is 23.3 Å². The minimum Gasteiger partial charge on any atom is -0.382 e. The van der Waals surface area contributed by atoms with Crippen LogP contribution in [0.5, 0.6) is 0 Å². The van der Waals surface area contributed by atoms with Gasteiger partial charge in [-0.1, -0.05) is 11.6 Å². The average Bonchev–Trinajstić information content (AvgIpc) is 2.82. The molecule has 1 aliphatic heterocycles. The highest BCUT2D eigenvalue weighted by Crippen LogP contribution is 2.30. The SMILES string of the molecule is Cc1nn(C)c(C)c1[C@H]1COCCN1C(=O)c1cnc(N)c(Cl)c1. The van der Waals surface area contributed by atoms with Gasteiger partial charge in [0, 0.05) is 31.0 Å². The number of amides is 1. The Hall–Kier alpha value is -2.12. The Labute approximate surface area is 145 Å². The molecule has 3 rings (SSSR count). The Kier molecular flexibility index (Phi) is 4.47. The largest absolute Gasteiger partial charge is 0.382 e. The fraction of sp³-hybridized carbons (Fsp3) is 0.438. The van der Waals surface area contributed by atoms with Gasteiger partial charge in [-0.25, -0.2) is 4.98 Å². The number of aryl methyl sites for hydroxylation is 2. The number of halogens is 1. The van der Waals surface area contributed by atoms with Gasteiger partial charge in [-0.15, -0.1) is 0 Å². The van der Waals surface area contributed by atoms with Crippen molar-refractivity contribution in [3.05, 3.63) is 39.8 Å². The maximum absolute atomic E-state index is 13.0. The van der Waals surface area contributed by atoms with Gasteiger partial charge in [0.15, 0.2) is 0 Å². The van der Waals surface area contributed by atoms with Crippen LogP contribution >= 0.6 is 11.6 Å². The molecular weight excluding hydrogens is 330 g/mol. The molecule has 0 radical (unpaired) electrons. The predicted octanol–water partition coefficient (Wildman–Crippen LogP) is 1.88. The topological polar surface area (TPSA) is 86.3 Å². The first-order valence-corrected chi connectivity index (χ1v) is 8.07. The van der Waals surface area contributed by atoms with E-state index in [0.717, 1.165) is 17.0 Å².